The minimum absolute atomic E-state index is 0.382. The van der Waals surface area contributed by atoms with Crippen molar-refractivity contribution < 1.29 is 19.2 Å². The maximum atomic E-state index is 10.6. The first-order valence-electron chi connectivity index (χ1n) is 3.21. The van der Waals surface area contributed by atoms with Gasteiger partial charge in [0.25, 0.3) is 0 Å². The zero-order valence-electron chi connectivity index (χ0n) is 7.21. The van der Waals surface area contributed by atoms with E-state index in [0.717, 1.165) is 7.48 Å². The summed E-state index contributed by atoms with van der Waals surface area (Å²) in [5.74, 6) is -0.651. The van der Waals surface area contributed by atoms with Crippen LogP contribution in [0.15, 0.2) is 0 Å². The first-order chi connectivity index (χ1) is 4.95. The molecule has 0 rings (SSSR count). The van der Waals surface area contributed by atoms with Gasteiger partial charge in [0.05, 0.1) is 7.11 Å². The van der Waals surface area contributed by atoms with Crippen molar-refractivity contribution in [3.8, 4) is 0 Å². The van der Waals surface area contributed by atoms with E-state index in [4.69, 9.17) is 4.65 Å². The zero-order valence-corrected chi connectivity index (χ0v) is 7.21. The van der Waals surface area contributed by atoms with Gasteiger partial charge in [0, 0.05) is 5.60 Å². The van der Waals surface area contributed by atoms with E-state index in [-0.39, 0.29) is 5.60 Å². The van der Waals surface area contributed by atoms with Gasteiger partial charge in [-0.2, -0.15) is 4.89 Å². The Morgan fingerprint density at radius 3 is 2.27 bits per heavy atom. The summed E-state index contributed by atoms with van der Waals surface area (Å²) in [6, 6.07) is 0. The Kier molecular flexibility index (Phi) is 4.14. The van der Waals surface area contributed by atoms with E-state index >= 15 is 0 Å². The molecule has 0 aliphatic rings. The predicted octanol–water partition coefficient (Wildman–Crippen LogP) is 1.12. The maximum absolute atomic E-state index is 10.6. The van der Waals surface area contributed by atoms with Crippen molar-refractivity contribution in [2.75, 3.05) is 7.11 Å². The Morgan fingerprint density at radius 1 is 1.36 bits per heavy atom. The van der Waals surface area contributed by atoms with Crippen LogP contribution in [-0.2, 0) is 14.4 Å². The lowest BCUT2D eigenvalue weighted by Gasteiger charge is -2.17. The van der Waals surface area contributed by atoms with Gasteiger partial charge in [-0.15, -0.1) is 0 Å². The van der Waals surface area contributed by atoms with Gasteiger partial charge in [-0.1, -0.05) is 0 Å². The van der Waals surface area contributed by atoms with Crippen molar-refractivity contribution in [1.82, 2.24) is 0 Å². The summed E-state index contributed by atoms with van der Waals surface area (Å²) in [6.45, 7) is 5.47. The molecule has 0 atom stereocenters. The molecule has 0 aromatic rings. The molecular formula is C6H12BO4. The van der Waals surface area contributed by atoms with Gasteiger partial charge in [0.15, 0.2) is 0 Å². The molecule has 0 unspecified atom stereocenters. The van der Waals surface area contributed by atoms with Gasteiger partial charge < -0.3 is 9.54 Å². The molecule has 0 fully saturated rings. The van der Waals surface area contributed by atoms with E-state index in [2.05, 4.69) is 9.78 Å². The minimum Gasteiger partial charge on any atom is -0.424 e. The van der Waals surface area contributed by atoms with Crippen LogP contribution in [0.5, 0.6) is 0 Å². The molecule has 0 spiro atoms. The number of hydrogen-bond donors (Lipinski definition) is 0. The van der Waals surface area contributed by atoms with Crippen molar-refractivity contribution in [2.24, 2.45) is 0 Å². The predicted molar refractivity (Wildman–Crippen MR) is 40.1 cm³/mol. The smallest absolute Gasteiger partial charge is 0.424 e. The average molecular weight is 159 g/mol. The molecule has 0 aromatic carbocycles. The summed E-state index contributed by atoms with van der Waals surface area (Å²) < 4.78 is 4.96. The standard InChI is InChI=1S/C6H12BO4/c1-6(2,3)11-7-5(8)10-9-4/h1-4H3. The molecule has 0 heterocycles. The lowest BCUT2D eigenvalue weighted by atomic mass is 10.00. The first-order valence-corrected chi connectivity index (χ1v) is 3.21. The van der Waals surface area contributed by atoms with Crippen molar-refractivity contribution in [2.45, 2.75) is 26.4 Å². The van der Waals surface area contributed by atoms with Crippen LogP contribution in [-0.4, -0.2) is 26.1 Å². The number of carbonyl (C=O) groups excluding carboxylic acids is 1. The lowest BCUT2D eigenvalue weighted by Crippen LogP contribution is -2.26. The van der Waals surface area contributed by atoms with Crippen LogP contribution in [0.4, 0.5) is 4.79 Å². The third-order valence-electron chi connectivity index (χ3n) is 0.674. The molecule has 0 aliphatic carbocycles. The van der Waals surface area contributed by atoms with Gasteiger partial charge in [0.1, 0.15) is 0 Å². The second-order valence-corrected chi connectivity index (χ2v) is 2.92. The number of hydrogen-bond acceptors (Lipinski definition) is 4. The van der Waals surface area contributed by atoms with Gasteiger partial charge in [0.2, 0.25) is 0 Å². The molecule has 63 valence electrons. The normalized spacial score (nSPS) is 10.9. The fourth-order valence-electron chi connectivity index (χ4n) is 0.327. The van der Waals surface area contributed by atoms with Crippen LogP contribution < -0.4 is 0 Å². The molecule has 5 heteroatoms. The third kappa shape index (κ3) is 7.35. The molecule has 4 nitrogen and oxygen atoms in total. The van der Waals surface area contributed by atoms with E-state index in [1.165, 1.54) is 7.11 Å². The highest BCUT2D eigenvalue weighted by Gasteiger charge is 2.16. The van der Waals surface area contributed by atoms with E-state index in [1.807, 2.05) is 20.8 Å². The van der Waals surface area contributed by atoms with E-state index in [1.54, 1.807) is 0 Å². The van der Waals surface area contributed by atoms with Crippen LogP contribution in [0.25, 0.3) is 0 Å². The molecule has 0 saturated carbocycles. The van der Waals surface area contributed by atoms with Gasteiger partial charge in [-0.25, -0.2) is 0 Å². The molecule has 0 aliphatic heterocycles. The third-order valence-corrected chi connectivity index (χ3v) is 0.674. The molecule has 1 radical (unpaired) electrons. The Bertz CT molecular complexity index is 129. The monoisotopic (exact) mass is 159 g/mol. The molecule has 0 aromatic heterocycles. The highest BCUT2D eigenvalue weighted by Crippen LogP contribution is 2.04. The zero-order chi connectivity index (χ0) is 8.91. The van der Waals surface area contributed by atoms with Crippen molar-refractivity contribution >= 4 is 13.4 Å². The Morgan fingerprint density at radius 2 is 1.91 bits per heavy atom. The topological polar surface area (TPSA) is 44.8 Å². The van der Waals surface area contributed by atoms with Crippen LogP contribution in [0, 0.1) is 0 Å². The van der Waals surface area contributed by atoms with Crippen LogP contribution >= 0.6 is 0 Å². The van der Waals surface area contributed by atoms with Crippen LogP contribution in [0.1, 0.15) is 20.8 Å². The fraction of sp³-hybridized carbons (Fsp3) is 0.833. The summed E-state index contributed by atoms with van der Waals surface area (Å²) in [5.41, 5.74) is -0.382. The van der Waals surface area contributed by atoms with Crippen molar-refractivity contribution in [1.29, 1.82) is 0 Å². The first kappa shape index (κ1) is 10.5. The van der Waals surface area contributed by atoms with Crippen LogP contribution in [0.3, 0.4) is 0 Å². The van der Waals surface area contributed by atoms with E-state index in [9.17, 15) is 4.79 Å². The second-order valence-electron chi connectivity index (χ2n) is 2.92. The maximum Gasteiger partial charge on any atom is 0.441 e. The highest BCUT2D eigenvalue weighted by atomic mass is 17.2. The van der Waals surface area contributed by atoms with Gasteiger partial charge in [-0.05, 0) is 20.8 Å². The summed E-state index contributed by atoms with van der Waals surface area (Å²) in [4.78, 5) is 18.8. The lowest BCUT2D eigenvalue weighted by molar-refractivity contribution is -0.205. The minimum atomic E-state index is -0.651. The van der Waals surface area contributed by atoms with Crippen molar-refractivity contribution in [3.05, 3.63) is 0 Å². The number of rotatable bonds is 3. The molecule has 0 saturated heterocycles. The average Bonchev–Trinajstić information content (AvgIpc) is 1.83. The van der Waals surface area contributed by atoms with Gasteiger partial charge in [-0.3, -0.25) is 4.79 Å². The molecule has 0 amide bonds. The quantitative estimate of drug-likeness (QED) is 0.351. The Balaban J connectivity index is 3.46. The summed E-state index contributed by atoms with van der Waals surface area (Å²) >= 11 is 0. The molecule has 11 heavy (non-hydrogen) atoms. The number of carbonyl (C=O) groups is 1. The summed E-state index contributed by atoms with van der Waals surface area (Å²) in [7, 11) is 2.23. The van der Waals surface area contributed by atoms with E-state index in [0.29, 0.717) is 0 Å². The largest absolute Gasteiger partial charge is 0.441 e. The van der Waals surface area contributed by atoms with E-state index < -0.39 is 5.87 Å². The molecule has 0 N–H and O–H groups in total. The fourth-order valence-corrected chi connectivity index (χ4v) is 0.327. The second kappa shape index (κ2) is 4.36. The Labute approximate surface area is 67.0 Å². The molecular weight excluding hydrogens is 147 g/mol. The van der Waals surface area contributed by atoms with Crippen molar-refractivity contribution in [3.63, 3.8) is 0 Å². The summed E-state index contributed by atoms with van der Waals surface area (Å²) in [6.07, 6.45) is 0. The SMILES string of the molecule is COOC(=O)[B]OC(C)(C)C. The van der Waals surface area contributed by atoms with Crippen LogP contribution in [0.2, 0.25) is 0 Å². The molecule has 0 bridgehead atoms. The highest BCUT2D eigenvalue weighted by molar-refractivity contribution is 6.66. The Hall–Kier alpha value is -0.545. The summed E-state index contributed by atoms with van der Waals surface area (Å²) in [5, 5.41) is 0. The van der Waals surface area contributed by atoms with Gasteiger partial charge >= 0.3 is 13.4 Å².